The lowest BCUT2D eigenvalue weighted by Crippen LogP contribution is -3.11. The molecule has 1 atom stereocenters. The number of quaternary nitrogens is 1. The molecule has 0 amide bonds. The minimum atomic E-state index is 0.242. The van der Waals surface area contributed by atoms with Crippen LogP contribution >= 0.6 is 12.2 Å². The average Bonchev–Trinajstić information content (AvgIpc) is 3.20. The predicted molar refractivity (Wildman–Crippen MR) is 111 cm³/mol. The van der Waals surface area contributed by atoms with E-state index >= 15 is 0 Å². The molecule has 2 aliphatic rings. The number of nitrogens with zero attached hydrogens (tertiary/aromatic N) is 1. The lowest BCUT2D eigenvalue weighted by molar-refractivity contribution is -0.918. The molecule has 27 heavy (non-hydrogen) atoms. The Morgan fingerprint density at radius 1 is 1.30 bits per heavy atom. The molecule has 0 aliphatic carbocycles. The van der Waals surface area contributed by atoms with Crippen molar-refractivity contribution in [3.8, 4) is 5.75 Å². The maximum Gasteiger partial charge on any atom is 0.187 e. The second-order valence-electron chi connectivity index (χ2n) is 7.48. The SMILES string of the molecule is C/C(=N\NC(=S)NC[C@@H]1CCCO1)c1ccc(O)c(C[NH+]2CCCCC2)c1. The molecule has 4 N–H and O–H groups in total. The van der Waals surface area contributed by atoms with Crippen molar-refractivity contribution in [2.75, 3.05) is 26.2 Å². The monoisotopic (exact) mass is 391 g/mol. The second-order valence-corrected chi connectivity index (χ2v) is 7.89. The van der Waals surface area contributed by atoms with Crippen molar-refractivity contribution in [3.05, 3.63) is 29.3 Å². The number of ether oxygens (including phenoxy) is 1. The normalized spacial score (nSPS) is 21.2. The zero-order chi connectivity index (χ0) is 19.1. The first-order chi connectivity index (χ1) is 13.1. The van der Waals surface area contributed by atoms with Gasteiger partial charge in [0.05, 0.1) is 24.9 Å². The van der Waals surface area contributed by atoms with Crippen LogP contribution in [0.5, 0.6) is 5.75 Å². The second kappa shape index (κ2) is 10.0. The van der Waals surface area contributed by atoms with Gasteiger partial charge in [0, 0.05) is 18.7 Å². The number of likely N-dealkylation sites (tertiary alicyclic amines) is 1. The summed E-state index contributed by atoms with van der Waals surface area (Å²) < 4.78 is 5.57. The lowest BCUT2D eigenvalue weighted by atomic mass is 10.0. The molecule has 6 nitrogen and oxygen atoms in total. The maximum absolute atomic E-state index is 10.2. The van der Waals surface area contributed by atoms with E-state index in [0.717, 1.165) is 42.8 Å². The molecule has 2 saturated heterocycles. The van der Waals surface area contributed by atoms with Crippen molar-refractivity contribution in [2.45, 2.75) is 51.7 Å². The molecule has 1 aromatic rings. The zero-order valence-electron chi connectivity index (χ0n) is 16.1. The van der Waals surface area contributed by atoms with Gasteiger partial charge in [-0.25, -0.2) is 0 Å². The quantitative estimate of drug-likeness (QED) is 0.335. The van der Waals surface area contributed by atoms with Crippen LogP contribution in [-0.4, -0.2) is 48.3 Å². The number of piperidine rings is 1. The summed E-state index contributed by atoms with van der Waals surface area (Å²) in [6.45, 7) is 6.72. The molecular formula is C20H31N4O2S+. The van der Waals surface area contributed by atoms with Gasteiger partial charge in [-0.3, -0.25) is 5.43 Å². The predicted octanol–water partition coefficient (Wildman–Crippen LogP) is 1.33. The van der Waals surface area contributed by atoms with E-state index in [4.69, 9.17) is 17.0 Å². The van der Waals surface area contributed by atoms with E-state index in [0.29, 0.717) is 17.4 Å². The number of aromatic hydroxyl groups is 1. The Kier molecular flexibility index (Phi) is 7.43. The molecule has 7 heteroatoms. The Hall–Kier alpha value is -1.70. The third-order valence-electron chi connectivity index (χ3n) is 5.34. The van der Waals surface area contributed by atoms with Gasteiger partial charge in [0.15, 0.2) is 5.11 Å². The van der Waals surface area contributed by atoms with Crippen LogP contribution in [0.4, 0.5) is 0 Å². The number of rotatable bonds is 6. The van der Waals surface area contributed by atoms with Gasteiger partial charge in [-0.05, 0) is 75.0 Å². The highest BCUT2D eigenvalue weighted by molar-refractivity contribution is 7.80. The number of hydrogen-bond donors (Lipinski definition) is 4. The Morgan fingerprint density at radius 2 is 2.11 bits per heavy atom. The lowest BCUT2D eigenvalue weighted by Gasteiger charge is -2.24. The van der Waals surface area contributed by atoms with Crippen molar-refractivity contribution < 1.29 is 14.7 Å². The van der Waals surface area contributed by atoms with Crippen molar-refractivity contribution in [3.63, 3.8) is 0 Å². The molecule has 0 aromatic heterocycles. The van der Waals surface area contributed by atoms with Crippen LogP contribution in [0.25, 0.3) is 0 Å². The number of thiocarbonyl (C=S) groups is 1. The van der Waals surface area contributed by atoms with E-state index in [1.807, 2.05) is 19.1 Å². The maximum atomic E-state index is 10.2. The first kappa shape index (κ1) is 20.0. The first-order valence-electron chi connectivity index (χ1n) is 9.97. The van der Waals surface area contributed by atoms with Gasteiger partial charge in [0.2, 0.25) is 0 Å². The molecule has 3 rings (SSSR count). The molecule has 1 aromatic carbocycles. The van der Waals surface area contributed by atoms with Crippen LogP contribution in [0.2, 0.25) is 0 Å². The molecule has 0 unspecified atom stereocenters. The molecule has 2 fully saturated rings. The van der Waals surface area contributed by atoms with Crippen molar-refractivity contribution in [1.82, 2.24) is 10.7 Å². The topological polar surface area (TPSA) is 70.3 Å². The van der Waals surface area contributed by atoms with Gasteiger partial charge in [0.25, 0.3) is 0 Å². The number of phenols is 1. The summed E-state index contributed by atoms with van der Waals surface area (Å²) in [6, 6.07) is 5.70. The van der Waals surface area contributed by atoms with Crippen molar-refractivity contribution in [2.24, 2.45) is 5.10 Å². The Bertz CT molecular complexity index is 668. The summed E-state index contributed by atoms with van der Waals surface area (Å²) in [5.41, 5.74) is 5.72. The Labute approximate surface area is 167 Å². The van der Waals surface area contributed by atoms with E-state index in [1.54, 1.807) is 11.0 Å². The van der Waals surface area contributed by atoms with E-state index in [2.05, 4.69) is 15.8 Å². The van der Waals surface area contributed by atoms with E-state index in [-0.39, 0.29) is 6.10 Å². The fourth-order valence-electron chi connectivity index (χ4n) is 3.70. The summed E-state index contributed by atoms with van der Waals surface area (Å²) >= 11 is 5.28. The molecule has 148 valence electrons. The highest BCUT2D eigenvalue weighted by atomic mass is 32.1. The summed E-state index contributed by atoms with van der Waals surface area (Å²) in [7, 11) is 0. The van der Waals surface area contributed by atoms with Gasteiger partial charge in [-0.2, -0.15) is 5.10 Å². The van der Waals surface area contributed by atoms with Crippen LogP contribution in [0.1, 0.15) is 50.2 Å². The van der Waals surface area contributed by atoms with E-state index in [1.165, 1.54) is 32.4 Å². The van der Waals surface area contributed by atoms with Gasteiger partial charge < -0.3 is 20.1 Å². The molecule has 0 bridgehead atoms. The van der Waals surface area contributed by atoms with Crippen LogP contribution in [0.15, 0.2) is 23.3 Å². The van der Waals surface area contributed by atoms with E-state index < -0.39 is 0 Å². The number of nitrogens with one attached hydrogen (secondary N) is 3. The molecule has 0 radical (unpaired) electrons. The van der Waals surface area contributed by atoms with Crippen molar-refractivity contribution >= 4 is 23.0 Å². The van der Waals surface area contributed by atoms with Crippen LogP contribution in [0, 0.1) is 0 Å². The molecule has 0 spiro atoms. The fourth-order valence-corrected chi connectivity index (χ4v) is 3.83. The van der Waals surface area contributed by atoms with Gasteiger partial charge in [-0.15, -0.1) is 0 Å². The third-order valence-corrected chi connectivity index (χ3v) is 5.57. The Balaban J connectivity index is 1.54. The first-order valence-corrected chi connectivity index (χ1v) is 10.4. The largest absolute Gasteiger partial charge is 0.507 e. The summed E-state index contributed by atoms with van der Waals surface area (Å²) in [6.07, 6.45) is 6.31. The molecule has 2 heterocycles. The summed E-state index contributed by atoms with van der Waals surface area (Å²) in [5, 5.41) is 18.3. The average molecular weight is 392 g/mol. The van der Waals surface area contributed by atoms with Gasteiger partial charge in [-0.1, -0.05) is 0 Å². The highest BCUT2D eigenvalue weighted by Gasteiger charge is 2.17. The number of phenolic OH excluding ortho intramolecular Hbond substituents is 1. The Morgan fingerprint density at radius 3 is 2.85 bits per heavy atom. The van der Waals surface area contributed by atoms with Gasteiger partial charge >= 0.3 is 0 Å². The highest BCUT2D eigenvalue weighted by Crippen LogP contribution is 2.18. The van der Waals surface area contributed by atoms with Crippen molar-refractivity contribution in [1.29, 1.82) is 0 Å². The molecular weight excluding hydrogens is 360 g/mol. The third kappa shape index (κ3) is 6.16. The number of hydrogen-bond acceptors (Lipinski definition) is 4. The smallest absolute Gasteiger partial charge is 0.187 e. The standard InChI is InChI=1S/C20H30N4O2S/c1-15(22-23-20(27)21-13-18-6-5-11-26-18)16-7-8-19(25)17(12-16)14-24-9-3-2-4-10-24/h7-8,12,18,25H,2-6,9-11,13-14H2,1H3,(H2,21,23,27)/p+1/b22-15+/t18-/m0/s1. The minimum absolute atomic E-state index is 0.242. The van der Waals surface area contributed by atoms with Gasteiger partial charge in [0.1, 0.15) is 12.3 Å². The van der Waals surface area contributed by atoms with Crippen LogP contribution < -0.4 is 15.6 Å². The minimum Gasteiger partial charge on any atom is -0.507 e. The fraction of sp³-hybridized carbons (Fsp3) is 0.600. The summed E-state index contributed by atoms with van der Waals surface area (Å²) in [5.74, 6) is 0.367. The number of benzene rings is 1. The zero-order valence-corrected chi connectivity index (χ0v) is 16.9. The van der Waals surface area contributed by atoms with Crippen LogP contribution in [-0.2, 0) is 11.3 Å². The summed E-state index contributed by atoms with van der Waals surface area (Å²) in [4.78, 5) is 1.54. The molecule has 0 saturated carbocycles. The number of hydrazone groups is 1. The molecule has 2 aliphatic heterocycles. The van der Waals surface area contributed by atoms with Crippen LogP contribution in [0.3, 0.4) is 0 Å². The van der Waals surface area contributed by atoms with E-state index in [9.17, 15) is 5.11 Å².